The van der Waals surface area contributed by atoms with Crippen molar-refractivity contribution in [2.75, 3.05) is 29.9 Å². The van der Waals surface area contributed by atoms with Crippen LogP contribution in [0.25, 0.3) is 0 Å². The van der Waals surface area contributed by atoms with Crippen LogP contribution in [-0.2, 0) is 9.84 Å². The summed E-state index contributed by atoms with van der Waals surface area (Å²) in [6.07, 6.45) is 0. The van der Waals surface area contributed by atoms with Crippen LogP contribution in [-0.4, -0.2) is 49.3 Å². The van der Waals surface area contributed by atoms with Gasteiger partial charge in [0.05, 0.1) is 11.5 Å². The summed E-state index contributed by atoms with van der Waals surface area (Å²) in [4.78, 5) is 2.29. The quantitative estimate of drug-likeness (QED) is 0.785. The second-order valence-electron chi connectivity index (χ2n) is 5.22. The van der Waals surface area contributed by atoms with Crippen molar-refractivity contribution in [2.45, 2.75) is 18.9 Å². The van der Waals surface area contributed by atoms with Crippen LogP contribution in [0, 0.1) is 0 Å². The number of hydrogen-bond donors (Lipinski definition) is 0. The molecule has 19 heavy (non-hydrogen) atoms. The van der Waals surface area contributed by atoms with E-state index >= 15 is 0 Å². The minimum atomic E-state index is -2.83. The Morgan fingerprint density at radius 3 is 2.63 bits per heavy atom. The van der Waals surface area contributed by atoms with E-state index in [0.29, 0.717) is 18.2 Å². The highest BCUT2D eigenvalue weighted by Crippen LogP contribution is 2.22. The lowest BCUT2D eigenvalue weighted by atomic mass is 10.00. The summed E-state index contributed by atoms with van der Waals surface area (Å²) in [5.74, 6) is 0.988. The lowest BCUT2D eigenvalue weighted by molar-refractivity contribution is 0.217. The number of alkyl halides is 1. The van der Waals surface area contributed by atoms with Gasteiger partial charge in [0.15, 0.2) is 9.84 Å². The molecular weight excluding hydrogens is 326 g/mol. The molecule has 0 bridgehead atoms. The van der Waals surface area contributed by atoms with Crippen molar-refractivity contribution in [1.29, 1.82) is 0 Å². The number of nitrogens with zero attached hydrogens (tertiary/aromatic N) is 1. The van der Waals surface area contributed by atoms with E-state index in [9.17, 15) is 8.42 Å². The molecule has 1 fully saturated rings. The molecule has 1 aliphatic rings. The number of halogens is 1. The minimum absolute atomic E-state index is 0.115. The minimum Gasteiger partial charge on any atom is -0.298 e. The Kier molecular flexibility index (Phi) is 5.03. The monoisotopic (exact) mass is 345 g/mol. The molecule has 0 radical (unpaired) electrons. The summed E-state index contributed by atoms with van der Waals surface area (Å²) >= 11 is 3.58. The molecular formula is C14H20BrNO2S. The van der Waals surface area contributed by atoms with Crippen molar-refractivity contribution < 1.29 is 8.42 Å². The Morgan fingerprint density at radius 1 is 1.37 bits per heavy atom. The Labute approximate surface area is 124 Å². The third kappa shape index (κ3) is 4.04. The zero-order valence-electron chi connectivity index (χ0n) is 11.1. The number of benzene rings is 1. The number of rotatable bonds is 4. The van der Waals surface area contributed by atoms with Crippen LogP contribution >= 0.6 is 15.9 Å². The maximum atomic E-state index is 11.6. The molecule has 3 nitrogen and oxygen atoms in total. The molecule has 106 valence electrons. The van der Waals surface area contributed by atoms with Gasteiger partial charge in [-0.15, -0.1) is 0 Å². The van der Waals surface area contributed by atoms with Crippen LogP contribution in [0.15, 0.2) is 30.3 Å². The fourth-order valence-corrected chi connectivity index (χ4v) is 4.76. The summed E-state index contributed by atoms with van der Waals surface area (Å²) in [5, 5.41) is 0.896. The molecule has 0 aliphatic carbocycles. The first-order valence-corrected chi connectivity index (χ1v) is 9.51. The van der Waals surface area contributed by atoms with Gasteiger partial charge in [-0.05, 0) is 12.5 Å². The molecule has 1 aliphatic heterocycles. The molecule has 1 heterocycles. The van der Waals surface area contributed by atoms with Crippen molar-refractivity contribution in [3.05, 3.63) is 35.9 Å². The van der Waals surface area contributed by atoms with E-state index in [1.165, 1.54) is 5.56 Å². The Hall–Kier alpha value is -0.390. The Balaban J connectivity index is 2.04. The molecule has 0 N–H and O–H groups in total. The number of sulfone groups is 1. The predicted octanol–water partition coefficient (Wildman–Crippen LogP) is 2.28. The Bertz CT molecular complexity index is 503. The van der Waals surface area contributed by atoms with Gasteiger partial charge in [-0.3, -0.25) is 4.90 Å². The molecule has 0 aromatic heterocycles. The number of hydrogen-bond acceptors (Lipinski definition) is 3. The fraction of sp³-hybridized carbons (Fsp3) is 0.571. The van der Waals surface area contributed by atoms with Crippen LogP contribution in [0.4, 0.5) is 0 Å². The standard InChI is InChI=1S/C14H20BrNO2S/c1-12-11-19(17,18)8-7-16(12)10-14(9-15)13-5-3-2-4-6-13/h2-6,12,14H,7-11H2,1H3. The van der Waals surface area contributed by atoms with Gasteiger partial charge >= 0.3 is 0 Å². The van der Waals surface area contributed by atoms with Crippen molar-refractivity contribution in [3.8, 4) is 0 Å². The fourth-order valence-electron chi connectivity index (χ4n) is 2.56. The van der Waals surface area contributed by atoms with E-state index in [1.54, 1.807) is 0 Å². The smallest absolute Gasteiger partial charge is 0.153 e. The van der Waals surface area contributed by atoms with E-state index < -0.39 is 9.84 Å². The Morgan fingerprint density at radius 2 is 2.05 bits per heavy atom. The SMILES string of the molecule is CC1CS(=O)(=O)CCN1CC(CBr)c1ccccc1. The molecule has 0 amide bonds. The first-order chi connectivity index (χ1) is 9.02. The highest BCUT2D eigenvalue weighted by Gasteiger charge is 2.29. The van der Waals surface area contributed by atoms with E-state index in [4.69, 9.17) is 0 Å². The molecule has 1 aromatic carbocycles. The van der Waals surface area contributed by atoms with E-state index in [2.05, 4.69) is 45.1 Å². The molecule has 2 unspecified atom stereocenters. The molecule has 5 heteroatoms. The molecule has 2 rings (SSSR count). The lowest BCUT2D eigenvalue weighted by Crippen LogP contribution is -2.48. The van der Waals surface area contributed by atoms with Crippen molar-refractivity contribution in [1.82, 2.24) is 4.90 Å². The van der Waals surface area contributed by atoms with Crippen molar-refractivity contribution >= 4 is 25.8 Å². The molecule has 2 atom stereocenters. The second-order valence-corrected chi connectivity index (χ2v) is 8.10. The summed E-state index contributed by atoms with van der Waals surface area (Å²) in [7, 11) is -2.83. The second kappa shape index (κ2) is 6.37. The van der Waals surface area contributed by atoms with E-state index in [-0.39, 0.29) is 11.8 Å². The maximum Gasteiger partial charge on any atom is 0.153 e. The van der Waals surface area contributed by atoms with Crippen molar-refractivity contribution in [3.63, 3.8) is 0 Å². The summed E-state index contributed by atoms with van der Waals surface area (Å²) < 4.78 is 23.2. The zero-order valence-corrected chi connectivity index (χ0v) is 13.5. The maximum absolute atomic E-state index is 11.6. The molecule has 1 aromatic rings. The third-order valence-electron chi connectivity index (χ3n) is 3.72. The summed E-state index contributed by atoms with van der Waals surface area (Å²) in [6.45, 7) is 3.57. The van der Waals surface area contributed by atoms with Gasteiger partial charge in [0.2, 0.25) is 0 Å². The highest BCUT2D eigenvalue weighted by molar-refractivity contribution is 9.09. The average Bonchev–Trinajstić information content (AvgIpc) is 2.38. The first-order valence-electron chi connectivity index (χ1n) is 6.57. The largest absolute Gasteiger partial charge is 0.298 e. The van der Waals surface area contributed by atoms with Gasteiger partial charge in [0.1, 0.15) is 0 Å². The van der Waals surface area contributed by atoms with Gasteiger partial charge in [-0.2, -0.15) is 0 Å². The summed E-state index contributed by atoms with van der Waals surface area (Å²) in [6, 6.07) is 10.5. The van der Waals surface area contributed by atoms with Crippen LogP contribution in [0.1, 0.15) is 18.4 Å². The topological polar surface area (TPSA) is 37.4 Å². The summed E-state index contributed by atoms with van der Waals surface area (Å²) in [5.41, 5.74) is 1.31. The van der Waals surface area contributed by atoms with Crippen LogP contribution in [0.3, 0.4) is 0 Å². The van der Waals surface area contributed by atoms with Crippen LogP contribution in [0.2, 0.25) is 0 Å². The highest BCUT2D eigenvalue weighted by atomic mass is 79.9. The molecule has 1 saturated heterocycles. The third-order valence-corrected chi connectivity index (χ3v) is 6.30. The van der Waals surface area contributed by atoms with E-state index in [1.807, 2.05) is 13.0 Å². The van der Waals surface area contributed by atoms with Gasteiger partial charge < -0.3 is 0 Å². The lowest BCUT2D eigenvalue weighted by Gasteiger charge is -2.35. The molecule has 0 spiro atoms. The van der Waals surface area contributed by atoms with Gasteiger partial charge in [-0.25, -0.2) is 8.42 Å². The van der Waals surface area contributed by atoms with Crippen molar-refractivity contribution in [2.24, 2.45) is 0 Å². The zero-order chi connectivity index (χ0) is 13.9. The van der Waals surface area contributed by atoms with Gasteiger partial charge in [0.25, 0.3) is 0 Å². The van der Waals surface area contributed by atoms with E-state index in [0.717, 1.165) is 11.9 Å². The molecule has 0 saturated carbocycles. The van der Waals surface area contributed by atoms with Crippen LogP contribution in [0.5, 0.6) is 0 Å². The first kappa shape index (κ1) is 15.0. The average molecular weight is 346 g/mol. The predicted molar refractivity (Wildman–Crippen MR) is 82.7 cm³/mol. The van der Waals surface area contributed by atoms with Crippen LogP contribution < -0.4 is 0 Å². The normalized spacial score (nSPS) is 25.1. The van der Waals surface area contributed by atoms with Gasteiger partial charge in [-0.1, -0.05) is 46.3 Å². The van der Waals surface area contributed by atoms with Gasteiger partial charge in [0, 0.05) is 30.4 Å².